The number of carbonyl (C=O) groups excluding carboxylic acids is 2. The van der Waals surface area contributed by atoms with E-state index < -0.39 is 6.04 Å². The number of nitrogens with zero attached hydrogens (tertiary/aromatic N) is 1. The van der Waals surface area contributed by atoms with Crippen molar-refractivity contribution in [3.8, 4) is 5.75 Å². The molecular formula is C23H19Br2N3O3. The van der Waals surface area contributed by atoms with Crippen molar-refractivity contribution in [3.05, 3.63) is 98.4 Å². The SMILES string of the molecule is O=C(C[C@H](NC(=O)c1ccccc1)c1ccccc1)N/N=C\c1cc(Br)cc(Br)c1O. The molecule has 31 heavy (non-hydrogen) atoms. The zero-order valence-corrected chi connectivity index (χ0v) is 19.4. The van der Waals surface area contributed by atoms with Crippen LogP contribution < -0.4 is 10.7 Å². The Balaban J connectivity index is 1.69. The van der Waals surface area contributed by atoms with Crippen LogP contribution in [0.15, 0.2) is 86.8 Å². The number of hydrazone groups is 1. The van der Waals surface area contributed by atoms with Crippen molar-refractivity contribution in [2.45, 2.75) is 12.5 Å². The molecule has 0 radical (unpaired) electrons. The molecule has 0 saturated carbocycles. The smallest absolute Gasteiger partial charge is 0.251 e. The van der Waals surface area contributed by atoms with Crippen LogP contribution in [-0.2, 0) is 4.79 Å². The van der Waals surface area contributed by atoms with E-state index in [1.807, 2.05) is 36.4 Å². The molecule has 0 fully saturated rings. The van der Waals surface area contributed by atoms with E-state index in [0.717, 1.165) is 10.0 Å². The van der Waals surface area contributed by atoms with Crippen molar-refractivity contribution in [1.82, 2.24) is 10.7 Å². The normalized spacial score (nSPS) is 11.8. The number of aromatic hydroxyl groups is 1. The molecule has 3 aromatic rings. The Morgan fingerprint density at radius 3 is 2.32 bits per heavy atom. The van der Waals surface area contributed by atoms with Gasteiger partial charge in [-0.2, -0.15) is 5.10 Å². The molecule has 0 spiro atoms. The predicted molar refractivity (Wildman–Crippen MR) is 127 cm³/mol. The van der Waals surface area contributed by atoms with Gasteiger partial charge in [-0.15, -0.1) is 0 Å². The largest absolute Gasteiger partial charge is 0.506 e. The van der Waals surface area contributed by atoms with Gasteiger partial charge in [0.25, 0.3) is 5.91 Å². The molecule has 0 bridgehead atoms. The van der Waals surface area contributed by atoms with E-state index in [2.05, 4.69) is 47.7 Å². The van der Waals surface area contributed by atoms with Crippen molar-refractivity contribution in [2.24, 2.45) is 5.10 Å². The van der Waals surface area contributed by atoms with Crippen molar-refractivity contribution in [1.29, 1.82) is 0 Å². The fraction of sp³-hybridized carbons (Fsp3) is 0.0870. The number of phenolic OH excluding ortho intramolecular Hbond substituents is 1. The summed E-state index contributed by atoms with van der Waals surface area (Å²) in [4.78, 5) is 25.1. The van der Waals surface area contributed by atoms with E-state index in [4.69, 9.17) is 0 Å². The molecular weight excluding hydrogens is 526 g/mol. The van der Waals surface area contributed by atoms with Gasteiger partial charge in [0, 0.05) is 15.6 Å². The number of nitrogens with one attached hydrogen (secondary N) is 2. The highest BCUT2D eigenvalue weighted by molar-refractivity contribution is 9.11. The van der Waals surface area contributed by atoms with Gasteiger partial charge in [-0.25, -0.2) is 5.43 Å². The number of halogens is 2. The molecule has 158 valence electrons. The first-order valence-electron chi connectivity index (χ1n) is 9.35. The number of carbonyl (C=O) groups is 2. The van der Waals surface area contributed by atoms with Gasteiger partial charge in [-0.05, 0) is 45.8 Å². The maximum absolute atomic E-state index is 12.6. The van der Waals surface area contributed by atoms with E-state index in [9.17, 15) is 14.7 Å². The summed E-state index contributed by atoms with van der Waals surface area (Å²) in [5.74, 6) is -0.639. The highest BCUT2D eigenvalue weighted by atomic mass is 79.9. The maximum Gasteiger partial charge on any atom is 0.251 e. The van der Waals surface area contributed by atoms with Crippen LogP contribution in [0.3, 0.4) is 0 Å². The molecule has 1 atom stereocenters. The van der Waals surface area contributed by atoms with E-state index >= 15 is 0 Å². The Morgan fingerprint density at radius 2 is 1.65 bits per heavy atom. The van der Waals surface area contributed by atoms with Crippen LogP contribution in [-0.4, -0.2) is 23.1 Å². The molecule has 0 saturated heterocycles. The Morgan fingerprint density at radius 1 is 1.00 bits per heavy atom. The fourth-order valence-corrected chi connectivity index (χ4v) is 4.12. The minimum Gasteiger partial charge on any atom is -0.506 e. The molecule has 6 nitrogen and oxygen atoms in total. The first-order chi connectivity index (χ1) is 14.9. The Labute approximate surface area is 196 Å². The van der Waals surface area contributed by atoms with Gasteiger partial charge >= 0.3 is 0 Å². The van der Waals surface area contributed by atoms with Gasteiger partial charge in [0.15, 0.2) is 0 Å². The summed E-state index contributed by atoms with van der Waals surface area (Å²) in [7, 11) is 0. The first-order valence-corrected chi connectivity index (χ1v) is 10.9. The minimum absolute atomic E-state index is 0.00587. The van der Waals surface area contributed by atoms with Crippen molar-refractivity contribution in [3.63, 3.8) is 0 Å². The molecule has 8 heteroatoms. The summed E-state index contributed by atoms with van der Waals surface area (Å²) in [6.07, 6.45) is 1.34. The average molecular weight is 545 g/mol. The zero-order chi connectivity index (χ0) is 22.2. The van der Waals surface area contributed by atoms with Crippen LogP contribution in [0.4, 0.5) is 0 Å². The Bertz CT molecular complexity index is 1090. The molecule has 0 aliphatic rings. The monoisotopic (exact) mass is 543 g/mol. The average Bonchev–Trinajstić information content (AvgIpc) is 2.77. The highest BCUT2D eigenvalue weighted by Crippen LogP contribution is 2.30. The summed E-state index contributed by atoms with van der Waals surface area (Å²) in [6, 6.07) is 20.9. The van der Waals surface area contributed by atoms with Gasteiger partial charge in [0.2, 0.25) is 5.91 Å². The number of amides is 2. The van der Waals surface area contributed by atoms with Gasteiger partial charge in [0.1, 0.15) is 5.75 Å². The summed E-state index contributed by atoms with van der Waals surface area (Å²) < 4.78 is 1.25. The lowest BCUT2D eigenvalue weighted by Gasteiger charge is -2.18. The number of benzene rings is 3. The number of phenols is 1. The molecule has 0 aromatic heterocycles. The standard InChI is InChI=1S/C23H19Br2N3O3/c24-18-11-17(22(30)19(25)12-18)14-26-28-21(29)13-20(15-7-3-1-4-8-15)27-23(31)16-9-5-2-6-10-16/h1-12,14,20,30H,13H2,(H,27,31)(H,28,29)/b26-14-/t20-/m0/s1. The fourth-order valence-electron chi connectivity index (χ4n) is 2.86. The van der Waals surface area contributed by atoms with Crippen LogP contribution in [0.1, 0.15) is 33.9 Å². The Kier molecular flexibility index (Phi) is 7.97. The van der Waals surface area contributed by atoms with Crippen LogP contribution in [0.5, 0.6) is 5.75 Å². The lowest BCUT2D eigenvalue weighted by molar-refractivity contribution is -0.121. The molecule has 3 rings (SSSR count). The number of hydrogen-bond acceptors (Lipinski definition) is 4. The molecule has 0 unspecified atom stereocenters. The van der Waals surface area contributed by atoms with E-state index in [0.29, 0.717) is 15.6 Å². The molecule has 0 aliphatic carbocycles. The van der Waals surface area contributed by atoms with E-state index in [1.54, 1.807) is 36.4 Å². The Hall–Kier alpha value is -2.97. The highest BCUT2D eigenvalue weighted by Gasteiger charge is 2.19. The summed E-state index contributed by atoms with van der Waals surface area (Å²) >= 11 is 6.59. The summed E-state index contributed by atoms with van der Waals surface area (Å²) in [5, 5.41) is 16.9. The molecule has 0 heterocycles. The van der Waals surface area contributed by atoms with Crippen LogP contribution >= 0.6 is 31.9 Å². The molecule has 2 amide bonds. The van der Waals surface area contributed by atoms with Gasteiger partial charge in [-0.1, -0.05) is 64.5 Å². The third kappa shape index (κ3) is 6.50. The van der Waals surface area contributed by atoms with Gasteiger partial charge in [0.05, 0.1) is 23.1 Å². The molecule has 3 aromatic carbocycles. The van der Waals surface area contributed by atoms with Crippen LogP contribution in [0.2, 0.25) is 0 Å². The number of hydrogen-bond donors (Lipinski definition) is 3. The second-order valence-corrected chi connectivity index (χ2v) is 8.40. The second kappa shape index (κ2) is 10.9. The zero-order valence-electron chi connectivity index (χ0n) is 16.3. The summed E-state index contributed by atoms with van der Waals surface area (Å²) in [5.41, 5.74) is 4.19. The van der Waals surface area contributed by atoms with E-state index in [-0.39, 0.29) is 24.0 Å². The van der Waals surface area contributed by atoms with Gasteiger partial charge in [-0.3, -0.25) is 9.59 Å². The lowest BCUT2D eigenvalue weighted by Crippen LogP contribution is -2.32. The van der Waals surface area contributed by atoms with Crippen molar-refractivity contribution >= 4 is 49.9 Å². The summed E-state index contributed by atoms with van der Waals surface area (Å²) in [6.45, 7) is 0. The van der Waals surface area contributed by atoms with Gasteiger partial charge < -0.3 is 10.4 Å². The topological polar surface area (TPSA) is 90.8 Å². The maximum atomic E-state index is 12.6. The molecule has 0 aliphatic heterocycles. The molecule has 3 N–H and O–H groups in total. The lowest BCUT2D eigenvalue weighted by atomic mass is 10.0. The second-order valence-electron chi connectivity index (χ2n) is 6.63. The van der Waals surface area contributed by atoms with Crippen molar-refractivity contribution < 1.29 is 14.7 Å². The number of rotatable bonds is 7. The van der Waals surface area contributed by atoms with Crippen molar-refractivity contribution in [2.75, 3.05) is 0 Å². The van der Waals surface area contributed by atoms with E-state index in [1.165, 1.54) is 6.21 Å². The quantitative estimate of drug-likeness (QED) is 0.291. The first kappa shape index (κ1) is 22.7. The predicted octanol–water partition coefficient (Wildman–Crippen LogP) is 4.93. The minimum atomic E-state index is -0.530. The third-order valence-electron chi connectivity index (χ3n) is 4.38. The third-order valence-corrected chi connectivity index (χ3v) is 5.45. The van der Waals surface area contributed by atoms with Crippen LogP contribution in [0, 0.1) is 0 Å². The van der Waals surface area contributed by atoms with Crippen LogP contribution in [0.25, 0.3) is 0 Å².